The zero-order chi connectivity index (χ0) is 19.3. The van der Waals surface area contributed by atoms with Crippen molar-refractivity contribution in [1.82, 2.24) is 20.0 Å². The van der Waals surface area contributed by atoms with E-state index in [1.54, 1.807) is 30.5 Å². The lowest BCUT2D eigenvalue weighted by atomic mass is 9.88. The first-order valence-electron chi connectivity index (χ1n) is 10.5. The highest BCUT2D eigenvalue weighted by Crippen LogP contribution is 2.25. The van der Waals surface area contributed by atoms with Crippen molar-refractivity contribution in [3.05, 3.63) is 48.0 Å². The highest BCUT2D eigenvalue weighted by Gasteiger charge is 2.24. The fourth-order valence-electron chi connectivity index (χ4n) is 4.47. The molecule has 0 atom stereocenters. The number of carbonyl (C=O) groups is 1. The highest BCUT2D eigenvalue weighted by molar-refractivity contribution is 5.92. The molecule has 28 heavy (non-hydrogen) atoms. The number of rotatable bonds is 5. The van der Waals surface area contributed by atoms with E-state index in [2.05, 4.69) is 15.3 Å². The topological polar surface area (TPSA) is 50.2 Å². The highest BCUT2D eigenvalue weighted by atomic mass is 19.1. The third kappa shape index (κ3) is 4.61. The van der Waals surface area contributed by atoms with E-state index in [1.807, 2.05) is 0 Å². The lowest BCUT2D eigenvalue weighted by Gasteiger charge is -2.35. The minimum atomic E-state index is -0.358. The Kier molecular flexibility index (Phi) is 6.05. The second-order valence-electron chi connectivity index (χ2n) is 8.15. The van der Waals surface area contributed by atoms with E-state index in [1.165, 1.54) is 49.4 Å². The molecule has 2 aromatic rings. The molecule has 1 saturated heterocycles. The van der Waals surface area contributed by atoms with Crippen molar-refractivity contribution >= 4 is 5.91 Å². The number of carbonyl (C=O) groups excluding carboxylic acids is 1. The van der Waals surface area contributed by atoms with Gasteiger partial charge < -0.3 is 10.2 Å². The van der Waals surface area contributed by atoms with E-state index in [0.717, 1.165) is 31.8 Å². The van der Waals surface area contributed by atoms with E-state index in [0.29, 0.717) is 11.4 Å². The van der Waals surface area contributed by atoms with Crippen molar-refractivity contribution in [2.75, 3.05) is 19.6 Å². The molecular formula is C22H29FN4O. The van der Waals surface area contributed by atoms with Crippen LogP contribution in [0.25, 0.3) is 5.69 Å². The molecule has 1 aliphatic heterocycles. The van der Waals surface area contributed by atoms with Gasteiger partial charge in [0.2, 0.25) is 0 Å². The second-order valence-corrected chi connectivity index (χ2v) is 8.15. The molecule has 1 aromatic carbocycles. The monoisotopic (exact) mass is 384 g/mol. The third-order valence-corrected chi connectivity index (χ3v) is 6.08. The Labute approximate surface area is 165 Å². The molecule has 5 nitrogen and oxygen atoms in total. The van der Waals surface area contributed by atoms with Crippen molar-refractivity contribution < 1.29 is 9.18 Å². The number of benzene rings is 1. The van der Waals surface area contributed by atoms with Crippen LogP contribution in [0.1, 0.15) is 55.4 Å². The summed E-state index contributed by atoms with van der Waals surface area (Å²) in [5.41, 5.74) is 0.672. The number of piperidine rings is 1. The van der Waals surface area contributed by atoms with Crippen molar-refractivity contribution in [2.45, 2.75) is 51.0 Å². The summed E-state index contributed by atoms with van der Waals surface area (Å²) >= 11 is 0. The number of halogens is 1. The van der Waals surface area contributed by atoms with Gasteiger partial charge in [-0.25, -0.2) is 9.07 Å². The fourth-order valence-corrected chi connectivity index (χ4v) is 4.47. The molecule has 0 bridgehead atoms. The van der Waals surface area contributed by atoms with Crippen molar-refractivity contribution in [2.24, 2.45) is 5.92 Å². The Bertz CT molecular complexity index is 791. The van der Waals surface area contributed by atoms with Crippen LogP contribution >= 0.6 is 0 Å². The molecule has 2 heterocycles. The summed E-state index contributed by atoms with van der Waals surface area (Å²) < 4.78 is 15.3. The van der Waals surface area contributed by atoms with Gasteiger partial charge in [-0.1, -0.05) is 31.4 Å². The molecule has 1 saturated carbocycles. The fraction of sp³-hybridized carbons (Fsp3) is 0.545. The second kappa shape index (κ2) is 8.86. The number of likely N-dealkylation sites (tertiary alicyclic amines) is 1. The molecule has 4 rings (SSSR count). The number of amides is 1. The summed E-state index contributed by atoms with van der Waals surface area (Å²) in [6.45, 7) is 3.31. The van der Waals surface area contributed by atoms with Crippen LogP contribution in [0.5, 0.6) is 0 Å². The van der Waals surface area contributed by atoms with Crippen LogP contribution < -0.4 is 5.32 Å². The molecule has 1 amide bonds. The zero-order valence-electron chi connectivity index (χ0n) is 16.3. The van der Waals surface area contributed by atoms with Gasteiger partial charge >= 0.3 is 0 Å². The van der Waals surface area contributed by atoms with Crippen LogP contribution in [-0.2, 0) is 0 Å². The van der Waals surface area contributed by atoms with Gasteiger partial charge in [-0.3, -0.25) is 4.79 Å². The van der Waals surface area contributed by atoms with E-state index in [-0.39, 0.29) is 17.8 Å². The van der Waals surface area contributed by atoms with E-state index < -0.39 is 0 Å². The van der Waals surface area contributed by atoms with Gasteiger partial charge in [0, 0.05) is 31.9 Å². The molecule has 150 valence electrons. The molecule has 2 fully saturated rings. The number of nitrogens with zero attached hydrogens (tertiary/aromatic N) is 3. The van der Waals surface area contributed by atoms with Crippen LogP contribution in [0, 0.1) is 11.7 Å². The van der Waals surface area contributed by atoms with Gasteiger partial charge in [0.1, 0.15) is 11.5 Å². The van der Waals surface area contributed by atoms with Crippen LogP contribution in [0.4, 0.5) is 4.39 Å². The number of aromatic nitrogens is 2. The first-order valence-corrected chi connectivity index (χ1v) is 10.5. The predicted octanol–water partition coefficient (Wildman–Crippen LogP) is 3.79. The standard InChI is InChI=1S/C22H29FN4O/c23-19-8-4-5-9-21(19)27-15-12-20(25-27)22(28)24-18-10-13-26(14-11-18)16-17-6-2-1-3-7-17/h4-5,8-9,12,15,17-18H,1-3,6-7,10-11,13-14,16H2,(H,24,28). The summed E-state index contributed by atoms with van der Waals surface area (Å²) in [6, 6.07) is 8.25. The normalized spacial score (nSPS) is 19.6. The van der Waals surface area contributed by atoms with Crippen molar-refractivity contribution in [3.63, 3.8) is 0 Å². The smallest absolute Gasteiger partial charge is 0.272 e. The van der Waals surface area contributed by atoms with Gasteiger partial charge in [0.25, 0.3) is 5.91 Å². The van der Waals surface area contributed by atoms with Crippen molar-refractivity contribution in [3.8, 4) is 5.69 Å². The molecule has 6 heteroatoms. The minimum absolute atomic E-state index is 0.180. The number of nitrogens with one attached hydrogen (secondary N) is 1. The molecule has 0 radical (unpaired) electrons. The zero-order valence-corrected chi connectivity index (χ0v) is 16.3. The van der Waals surface area contributed by atoms with Crippen LogP contribution in [0.2, 0.25) is 0 Å². The number of hydrogen-bond donors (Lipinski definition) is 1. The van der Waals surface area contributed by atoms with Crippen LogP contribution in [-0.4, -0.2) is 46.3 Å². The lowest BCUT2D eigenvalue weighted by Crippen LogP contribution is -2.46. The summed E-state index contributed by atoms with van der Waals surface area (Å²) in [5.74, 6) is 0.325. The molecule has 1 aromatic heterocycles. The molecular weight excluding hydrogens is 355 g/mol. The Morgan fingerprint density at radius 3 is 2.57 bits per heavy atom. The maximum Gasteiger partial charge on any atom is 0.272 e. The SMILES string of the molecule is O=C(NC1CCN(CC2CCCCC2)CC1)c1ccn(-c2ccccc2F)n1. The summed E-state index contributed by atoms with van der Waals surface area (Å²) in [5, 5.41) is 7.36. The minimum Gasteiger partial charge on any atom is -0.348 e. The molecule has 1 aliphatic carbocycles. The third-order valence-electron chi connectivity index (χ3n) is 6.08. The maximum absolute atomic E-state index is 13.9. The summed E-state index contributed by atoms with van der Waals surface area (Å²) in [4.78, 5) is 15.1. The van der Waals surface area contributed by atoms with Gasteiger partial charge in [-0.05, 0) is 49.8 Å². The summed E-state index contributed by atoms with van der Waals surface area (Å²) in [6.07, 6.45) is 10.5. The summed E-state index contributed by atoms with van der Waals surface area (Å²) in [7, 11) is 0. The number of hydrogen-bond acceptors (Lipinski definition) is 3. The van der Waals surface area contributed by atoms with Gasteiger partial charge in [0.05, 0.1) is 0 Å². The Morgan fingerprint density at radius 2 is 1.82 bits per heavy atom. The Hall–Kier alpha value is -2.21. The Balaban J connectivity index is 1.27. The van der Waals surface area contributed by atoms with Gasteiger partial charge in [-0.2, -0.15) is 5.10 Å². The first kappa shape index (κ1) is 19.1. The van der Waals surface area contributed by atoms with Crippen LogP contribution in [0.15, 0.2) is 36.5 Å². The largest absolute Gasteiger partial charge is 0.348 e. The Morgan fingerprint density at radius 1 is 1.07 bits per heavy atom. The van der Waals surface area contributed by atoms with Gasteiger partial charge in [0.15, 0.2) is 5.69 Å². The van der Waals surface area contributed by atoms with E-state index in [4.69, 9.17) is 0 Å². The quantitative estimate of drug-likeness (QED) is 0.853. The predicted molar refractivity (Wildman–Crippen MR) is 107 cm³/mol. The average Bonchev–Trinajstić information content (AvgIpc) is 3.21. The number of para-hydroxylation sites is 1. The first-order chi connectivity index (χ1) is 13.7. The average molecular weight is 384 g/mol. The molecule has 0 unspecified atom stereocenters. The van der Waals surface area contributed by atoms with Crippen molar-refractivity contribution in [1.29, 1.82) is 0 Å². The van der Waals surface area contributed by atoms with Crippen LogP contribution in [0.3, 0.4) is 0 Å². The molecule has 2 aliphatic rings. The molecule has 1 N–H and O–H groups in total. The van der Waals surface area contributed by atoms with E-state index in [9.17, 15) is 9.18 Å². The van der Waals surface area contributed by atoms with Gasteiger partial charge in [-0.15, -0.1) is 0 Å². The lowest BCUT2D eigenvalue weighted by molar-refractivity contribution is 0.0896. The maximum atomic E-state index is 13.9. The molecule has 0 spiro atoms. The van der Waals surface area contributed by atoms with E-state index >= 15 is 0 Å².